The Balaban J connectivity index is 1.95. The number of ether oxygens (including phenoxy) is 1. The van der Waals surface area contributed by atoms with Crippen LogP contribution < -0.4 is 10.6 Å². The highest BCUT2D eigenvalue weighted by atomic mass is 16.5. The van der Waals surface area contributed by atoms with Gasteiger partial charge in [-0.25, -0.2) is 0 Å². The van der Waals surface area contributed by atoms with Crippen molar-refractivity contribution >= 4 is 23.2 Å². The van der Waals surface area contributed by atoms with E-state index in [9.17, 15) is 9.59 Å². The summed E-state index contributed by atoms with van der Waals surface area (Å²) < 4.78 is 4.92. The molecule has 2 rings (SSSR count). The lowest BCUT2D eigenvalue weighted by Crippen LogP contribution is -2.26. The number of anilines is 2. The van der Waals surface area contributed by atoms with E-state index in [0.29, 0.717) is 24.5 Å². The quantitative estimate of drug-likeness (QED) is 0.570. The summed E-state index contributed by atoms with van der Waals surface area (Å²) in [6.45, 7) is 2.62. The lowest BCUT2D eigenvalue weighted by atomic mass is 10.1. The maximum atomic E-state index is 11.9. The molecule has 1 heterocycles. The highest BCUT2D eigenvalue weighted by Crippen LogP contribution is 2.16. The predicted molar refractivity (Wildman–Crippen MR) is 90.6 cm³/mol. The van der Waals surface area contributed by atoms with Crippen LogP contribution in [0.4, 0.5) is 11.5 Å². The average Bonchev–Trinajstić information content (AvgIpc) is 2.59. The Hall–Kier alpha value is -2.80. The Kier molecular flexibility index (Phi) is 6.39. The number of hydrogen-bond acceptors (Lipinski definition) is 6. The van der Waals surface area contributed by atoms with Crippen molar-refractivity contribution in [2.45, 2.75) is 13.3 Å². The molecule has 0 aliphatic rings. The zero-order valence-corrected chi connectivity index (χ0v) is 13.7. The predicted octanol–water partition coefficient (Wildman–Crippen LogP) is 2.19. The summed E-state index contributed by atoms with van der Waals surface area (Å²) in [4.78, 5) is 23.3. The molecule has 0 bridgehead atoms. The third-order valence-corrected chi connectivity index (χ3v) is 3.25. The second-order valence-electron chi connectivity index (χ2n) is 5.17. The fraction of sp³-hybridized carbons (Fsp3) is 0.294. The van der Waals surface area contributed by atoms with E-state index in [2.05, 4.69) is 20.8 Å². The van der Waals surface area contributed by atoms with Crippen LogP contribution in [0.1, 0.15) is 34.2 Å². The number of carbonyl (C=O) groups excluding carboxylic acids is 2. The highest BCUT2D eigenvalue weighted by Gasteiger charge is 2.08. The number of methoxy groups -OCH3 is 1. The molecule has 2 aromatic rings. The molecule has 2 N–H and O–H groups in total. The second-order valence-corrected chi connectivity index (χ2v) is 5.17. The summed E-state index contributed by atoms with van der Waals surface area (Å²) >= 11 is 0. The van der Waals surface area contributed by atoms with E-state index in [-0.39, 0.29) is 17.4 Å². The Labute approximate surface area is 140 Å². The summed E-state index contributed by atoms with van der Waals surface area (Å²) in [5, 5.41) is 13.7. The van der Waals surface area contributed by atoms with Crippen molar-refractivity contribution in [2.75, 3.05) is 25.6 Å². The molecule has 0 unspecified atom stereocenters. The van der Waals surface area contributed by atoms with Gasteiger partial charge in [0.15, 0.2) is 17.3 Å². The van der Waals surface area contributed by atoms with Gasteiger partial charge in [0, 0.05) is 31.5 Å². The first kappa shape index (κ1) is 17.6. The van der Waals surface area contributed by atoms with Gasteiger partial charge in [-0.05, 0) is 37.6 Å². The first-order chi connectivity index (χ1) is 11.6. The highest BCUT2D eigenvalue weighted by molar-refractivity contribution is 5.95. The topological polar surface area (TPSA) is 93.2 Å². The molecule has 0 saturated carbocycles. The molecule has 126 valence electrons. The summed E-state index contributed by atoms with van der Waals surface area (Å²) in [5.74, 6) is 0.209. The number of nitrogens with one attached hydrogen (secondary N) is 2. The Bertz CT molecular complexity index is 701. The van der Waals surface area contributed by atoms with E-state index in [1.807, 2.05) is 6.07 Å². The fourth-order valence-corrected chi connectivity index (χ4v) is 1.99. The third kappa shape index (κ3) is 5.13. The molecule has 7 nitrogen and oxygen atoms in total. The van der Waals surface area contributed by atoms with Crippen molar-refractivity contribution in [2.24, 2.45) is 0 Å². The van der Waals surface area contributed by atoms with Crippen LogP contribution in [0.2, 0.25) is 0 Å². The van der Waals surface area contributed by atoms with Crippen molar-refractivity contribution in [3.8, 4) is 0 Å². The van der Waals surface area contributed by atoms with Crippen LogP contribution in [-0.4, -0.2) is 42.1 Å². The molecule has 0 atom stereocenters. The molecular formula is C17H20N4O3. The molecule has 1 amide bonds. The molecule has 0 fully saturated rings. The number of rotatable bonds is 8. The number of benzene rings is 1. The maximum Gasteiger partial charge on any atom is 0.271 e. The maximum absolute atomic E-state index is 11.9. The largest absolute Gasteiger partial charge is 0.385 e. The van der Waals surface area contributed by atoms with E-state index in [1.165, 1.54) is 6.92 Å². The number of Topliss-reactive ketones (excluding diaryl/α,β-unsaturated/α-hetero) is 1. The molecule has 1 aromatic heterocycles. The first-order valence-corrected chi connectivity index (χ1v) is 7.59. The molecule has 0 spiro atoms. The van der Waals surface area contributed by atoms with Crippen molar-refractivity contribution in [1.82, 2.24) is 15.5 Å². The normalized spacial score (nSPS) is 10.2. The number of aromatic nitrogens is 2. The SMILES string of the molecule is COCCCNC(=O)c1ccc(Nc2cccc(C(C)=O)c2)nn1. The van der Waals surface area contributed by atoms with Crippen LogP contribution in [0.15, 0.2) is 36.4 Å². The zero-order chi connectivity index (χ0) is 17.4. The van der Waals surface area contributed by atoms with Gasteiger partial charge in [0.25, 0.3) is 5.91 Å². The Morgan fingerprint density at radius 1 is 1.17 bits per heavy atom. The first-order valence-electron chi connectivity index (χ1n) is 7.59. The van der Waals surface area contributed by atoms with Crippen LogP contribution in [-0.2, 0) is 4.74 Å². The lowest BCUT2D eigenvalue weighted by molar-refractivity contribution is 0.0941. The molecule has 0 saturated heterocycles. The summed E-state index contributed by atoms with van der Waals surface area (Å²) in [7, 11) is 1.62. The van der Waals surface area contributed by atoms with Crippen molar-refractivity contribution in [3.63, 3.8) is 0 Å². The molecule has 0 aliphatic heterocycles. The average molecular weight is 328 g/mol. The van der Waals surface area contributed by atoms with Crippen molar-refractivity contribution in [3.05, 3.63) is 47.7 Å². The third-order valence-electron chi connectivity index (χ3n) is 3.25. The number of carbonyl (C=O) groups is 2. The van der Waals surface area contributed by atoms with Crippen LogP contribution in [0.25, 0.3) is 0 Å². The van der Waals surface area contributed by atoms with E-state index >= 15 is 0 Å². The van der Waals surface area contributed by atoms with Gasteiger partial charge in [-0.3, -0.25) is 9.59 Å². The fourth-order valence-electron chi connectivity index (χ4n) is 1.99. The van der Waals surface area contributed by atoms with Crippen LogP contribution in [0, 0.1) is 0 Å². The summed E-state index contributed by atoms with van der Waals surface area (Å²) in [6.07, 6.45) is 0.738. The minimum absolute atomic E-state index is 0.00905. The number of ketones is 1. The van der Waals surface area contributed by atoms with Gasteiger partial charge in [-0.1, -0.05) is 12.1 Å². The van der Waals surface area contributed by atoms with E-state index in [4.69, 9.17) is 4.74 Å². The van der Waals surface area contributed by atoms with Gasteiger partial charge in [-0.2, -0.15) is 0 Å². The van der Waals surface area contributed by atoms with E-state index in [0.717, 1.165) is 12.1 Å². The monoisotopic (exact) mass is 328 g/mol. The molecular weight excluding hydrogens is 308 g/mol. The van der Waals surface area contributed by atoms with Gasteiger partial charge in [0.1, 0.15) is 0 Å². The van der Waals surface area contributed by atoms with Crippen LogP contribution >= 0.6 is 0 Å². The number of hydrogen-bond donors (Lipinski definition) is 2. The zero-order valence-electron chi connectivity index (χ0n) is 13.7. The Morgan fingerprint density at radius 3 is 2.67 bits per heavy atom. The Morgan fingerprint density at radius 2 is 2.00 bits per heavy atom. The van der Waals surface area contributed by atoms with E-state index in [1.54, 1.807) is 37.4 Å². The van der Waals surface area contributed by atoms with Gasteiger partial charge in [0.2, 0.25) is 0 Å². The van der Waals surface area contributed by atoms with Crippen LogP contribution in [0.5, 0.6) is 0 Å². The van der Waals surface area contributed by atoms with Gasteiger partial charge >= 0.3 is 0 Å². The van der Waals surface area contributed by atoms with Gasteiger partial charge in [-0.15, -0.1) is 10.2 Å². The minimum Gasteiger partial charge on any atom is -0.385 e. The molecule has 24 heavy (non-hydrogen) atoms. The molecule has 0 aliphatic carbocycles. The van der Waals surface area contributed by atoms with Crippen molar-refractivity contribution in [1.29, 1.82) is 0 Å². The number of amides is 1. The van der Waals surface area contributed by atoms with Gasteiger partial charge in [0.05, 0.1) is 0 Å². The second kappa shape index (κ2) is 8.73. The summed E-state index contributed by atoms with van der Waals surface area (Å²) in [5.41, 5.74) is 1.59. The van der Waals surface area contributed by atoms with Crippen molar-refractivity contribution < 1.29 is 14.3 Å². The summed E-state index contributed by atoms with van der Waals surface area (Å²) in [6, 6.07) is 10.4. The molecule has 7 heteroatoms. The molecule has 0 radical (unpaired) electrons. The van der Waals surface area contributed by atoms with Crippen LogP contribution in [0.3, 0.4) is 0 Å². The standard InChI is InChI=1S/C17H20N4O3/c1-12(22)13-5-3-6-14(11-13)19-16-8-7-15(20-21-16)17(23)18-9-4-10-24-2/h3,5-8,11H,4,9-10H2,1-2H3,(H,18,23)(H,19,21). The smallest absolute Gasteiger partial charge is 0.271 e. The number of nitrogens with zero attached hydrogens (tertiary/aromatic N) is 2. The lowest BCUT2D eigenvalue weighted by Gasteiger charge is -2.07. The van der Waals surface area contributed by atoms with Gasteiger partial charge < -0.3 is 15.4 Å². The van der Waals surface area contributed by atoms with E-state index < -0.39 is 0 Å². The minimum atomic E-state index is -0.274. The molecule has 1 aromatic carbocycles.